The summed E-state index contributed by atoms with van der Waals surface area (Å²) in [6.07, 6.45) is 0. The van der Waals surface area contributed by atoms with E-state index in [-0.39, 0.29) is 13.2 Å². The molecule has 0 aliphatic rings. The van der Waals surface area contributed by atoms with Crippen LogP contribution in [0.1, 0.15) is 11.1 Å². The molecule has 0 N–H and O–H groups in total. The first kappa shape index (κ1) is 20.0. The minimum absolute atomic E-state index is 0.254. The summed E-state index contributed by atoms with van der Waals surface area (Å²) in [6, 6.07) is 10.9. The number of hydrogen-bond acceptors (Lipinski definition) is 5. The number of ether oxygens (including phenoxy) is 5. The Morgan fingerprint density at radius 2 is 1.07 bits per heavy atom. The Balaban J connectivity index is 1.93. The maximum absolute atomic E-state index is 5.45. The Morgan fingerprint density at radius 3 is 1.44 bits per heavy atom. The zero-order chi connectivity index (χ0) is 19.5. The Hall–Kier alpha value is -3.28. The van der Waals surface area contributed by atoms with E-state index in [1.165, 1.54) is 0 Å². The molecular formula is C22H22O5. The predicted molar refractivity (Wildman–Crippen MR) is 104 cm³/mol. The predicted octanol–water partition coefficient (Wildman–Crippen LogP) is 3.14. The van der Waals surface area contributed by atoms with Gasteiger partial charge in [0.1, 0.15) is 36.2 Å². The van der Waals surface area contributed by atoms with Gasteiger partial charge in [0.25, 0.3) is 0 Å². The minimum Gasteiger partial charge on any atom is -0.497 e. The zero-order valence-corrected chi connectivity index (χ0v) is 15.9. The van der Waals surface area contributed by atoms with E-state index in [1.807, 2.05) is 36.4 Å². The van der Waals surface area contributed by atoms with Crippen LogP contribution in [-0.4, -0.2) is 41.7 Å². The molecule has 0 radical (unpaired) electrons. The van der Waals surface area contributed by atoms with Gasteiger partial charge in [-0.15, -0.1) is 0 Å². The smallest absolute Gasteiger partial charge is 0.134 e. The average Bonchev–Trinajstić information content (AvgIpc) is 2.72. The number of benzene rings is 2. The lowest BCUT2D eigenvalue weighted by atomic mass is 10.2. The monoisotopic (exact) mass is 366 g/mol. The fourth-order valence-corrected chi connectivity index (χ4v) is 2.24. The third kappa shape index (κ3) is 5.88. The highest BCUT2D eigenvalue weighted by Gasteiger charge is 2.02. The molecule has 0 aromatic heterocycles. The van der Waals surface area contributed by atoms with Crippen LogP contribution in [0.2, 0.25) is 0 Å². The standard InChI is InChI=1S/C22H22O5/c1-23-19-9-11-21(25-3)17(15-19)7-5-13-27-14-6-8-18-16-20(24-2)10-12-22(18)26-4/h9-12,15-16H,13-14H2,1-4H3. The molecule has 0 saturated carbocycles. The normalized spacial score (nSPS) is 9.33. The molecule has 5 heteroatoms. The van der Waals surface area contributed by atoms with Gasteiger partial charge in [-0.05, 0) is 36.4 Å². The van der Waals surface area contributed by atoms with E-state index in [0.29, 0.717) is 11.5 Å². The highest BCUT2D eigenvalue weighted by atomic mass is 16.5. The highest BCUT2D eigenvalue weighted by Crippen LogP contribution is 2.23. The van der Waals surface area contributed by atoms with E-state index in [2.05, 4.69) is 23.7 Å². The van der Waals surface area contributed by atoms with Gasteiger partial charge in [-0.2, -0.15) is 0 Å². The van der Waals surface area contributed by atoms with Gasteiger partial charge in [0, 0.05) is 0 Å². The molecule has 0 amide bonds. The Kier molecular flexibility index (Phi) is 7.91. The average molecular weight is 366 g/mol. The molecule has 2 aromatic carbocycles. The Labute approximate surface area is 160 Å². The first-order valence-electron chi connectivity index (χ1n) is 8.21. The Bertz CT molecular complexity index is 808. The minimum atomic E-state index is 0.254. The molecule has 2 rings (SSSR count). The lowest BCUT2D eigenvalue weighted by Crippen LogP contribution is -1.94. The fraction of sp³-hybridized carbons (Fsp3) is 0.273. The molecule has 2 aromatic rings. The van der Waals surface area contributed by atoms with Gasteiger partial charge in [0.15, 0.2) is 0 Å². The molecule has 0 unspecified atom stereocenters. The van der Waals surface area contributed by atoms with Crippen molar-refractivity contribution >= 4 is 0 Å². The van der Waals surface area contributed by atoms with E-state index in [1.54, 1.807) is 28.4 Å². The van der Waals surface area contributed by atoms with Crippen LogP contribution in [0.4, 0.5) is 0 Å². The van der Waals surface area contributed by atoms with Crippen LogP contribution in [0.3, 0.4) is 0 Å². The van der Waals surface area contributed by atoms with Crippen molar-refractivity contribution in [2.24, 2.45) is 0 Å². The van der Waals surface area contributed by atoms with Crippen LogP contribution in [0.5, 0.6) is 23.0 Å². The molecule has 5 nitrogen and oxygen atoms in total. The van der Waals surface area contributed by atoms with Crippen molar-refractivity contribution in [2.75, 3.05) is 41.7 Å². The molecule has 0 aliphatic carbocycles. The van der Waals surface area contributed by atoms with Gasteiger partial charge < -0.3 is 23.7 Å². The van der Waals surface area contributed by atoms with E-state index >= 15 is 0 Å². The van der Waals surface area contributed by atoms with Crippen molar-refractivity contribution in [3.05, 3.63) is 47.5 Å². The summed E-state index contributed by atoms with van der Waals surface area (Å²) >= 11 is 0. The second kappa shape index (κ2) is 10.7. The van der Waals surface area contributed by atoms with E-state index in [9.17, 15) is 0 Å². The zero-order valence-electron chi connectivity index (χ0n) is 15.9. The molecule has 0 spiro atoms. The molecule has 0 bridgehead atoms. The molecule has 27 heavy (non-hydrogen) atoms. The van der Waals surface area contributed by atoms with Gasteiger partial charge in [-0.25, -0.2) is 0 Å². The summed E-state index contributed by atoms with van der Waals surface area (Å²) in [6.45, 7) is 0.509. The van der Waals surface area contributed by atoms with Crippen LogP contribution < -0.4 is 18.9 Å². The van der Waals surface area contributed by atoms with Gasteiger partial charge in [0.2, 0.25) is 0 Å². The molecule has 140 valence electrons. The van der Waals surface area contributed by atoms with Gasteiger partial charge in [-0.3, -0.25) is 0 Å². The van der Waals surface area contributed by atoms with Crippen molar-refractivity contribution < 1.29 is 23.7 Å². The number of methoxy groups -OCH3 is 4. The Morgan fingerprint density at radius 1 is 0.630 bits per heavy atom. The second-order valence-electron chi connectivity index (χ2n) is 5.23. The summed E-state index contributed by atoms with van der Waals surface area (Å²) < 4.78 is 26.4. The topological polar surface area (TPSA) is 46.2 Å². The van der Waals surface area contributed by atoms with E-state index < -0.39 is 0 Å². The summed E-state index contributed by atoms with van der Waals surface area (Å²) in [5.74, 6) is 14.7. The van der Waals surface area contributed by atoms with Crippen LogP contribution in [0.15, 0.2) is 36.4 Å². The number of hydrogen-bond donors (Lipinski definition) is 0. The fourth-order valence-electron chi connectivity index (χ4n) is 2.24. The van der Waals surface area contributed by atoms with Crippen molar-refractivity contribution in [1.82, 2.24) is 0 Å². The van der Waals surface area contributed by atoms with Crippen molar-refractivity contribution in [3.63, 3.8) is 0 Å². The lowest BCUT2D eigenvalue weighted by Gasteiger charge is -2.05. The first-order chi connectivity index (χ1) is 13.2. The van der Waals surface area contributed by atoms with Crippen LogP contribution in [-0.2, 0) is 4.74 Å². The summed E-state index contributed by atoms with van der Waals surface area (Å²) in [7, 11) is 6.42. The maximum atomic E-state index is 5.45. The molecule has 0 fully saturated rings. The van der Waals surface area contributed by atoms with Crippen molar-refractivity contribution in [1.29, 1.82) is 0 Å². The summed E-state index contributed by atoms with van der Waals surface area (Å²) in [5, 5.41) is 0. The molecule has 0 saturated heterocycles. The quantitative estimate of drug-likeness (QED) is 0.581. The lowest BCUT2D eigenvalue weighted by molar-refractivity contribution is 0.204. The molecular weight excluding hydrogens is 344 g/mol. The van der Waals surface area contributed by atoms with Crippen molar-refractivity contribution in [2.45, 2.75) is 0 Å². The van der Waals surface area contributed by atoms with E-state index in [0.717, 1.165) is 22.6 Å². The highest BCUT2D eigenvalue weighted by molar-refractivity contribution is 5.51. The van der Waals surface area contributed by atoms with Gasteiger partial charge >= 0.3 is 0 Å². The van der Waals surface area contributed by atoms with E-state index in [4.69, 9.17) is 23.7 Å². The molecule has 0 aliphatic heterocycles. The van der Waals surface area contributed by atoms with Crippen LogP contribution in [0, 0.1) is 23.7 Å². The summed E-state index contributed by atoms with van der Waals surface area (Å²) in [5.41, 5.74) is 1.49. The summed E-state index contributed by atoms with van der Waals surface area (Å²) in [4.78, 5) is 0. The molecule has 0 heterocycles. The van der Waals surface area contributed by atoms with Crippen LogP contribution >= 0.6 is 0 Å². The SMILES string of the molecule is COc1ccc(OC)c(C#CCOCC#Cc2cc(OC)ccc2OC)c1. The van der Waals surface area contributed by atoms with Crippen LogP contribution in [0.25, 0.3) is 0 Å². The van der Waals surface area contributed by atoms with Gasteiger partial charge in [-0.1, -0.05) is 23.7 Å². The van der Waals surface area contributed by atoms with Gasteiger partial charge in [0.05, 0.1) is 39.6 Å². The third-order valence-corrected chi connectivity index (χ3v) is 3.61. The maximum Gasteiger partial charge on any atom is 0.134 e. The first-order valence-corrected chi connectivity index (χ1v) is 8.21. The largest absolute Gasteiger partial charge is 0.497 e. The second-order valence-corrected chi connectivity index (χ2v) is 5.23. The molecule has 0 atom stereocenters. The van der Waals surface area contributed by atoms with Crippen molar-refractivity contribution in [3.8, 4) is 46.7 Å². The number of rotatable bonds is 6. The third-order valence-electron chi connectivity index (χ3n) is 3.61.